The number of alkyl halides is 3. The number of carbonyl (C=O) groups excluding carboxylic acids is 1. The summed E-state index contributed by atoms with van der Waals surface area (Å²) in [5, 5.41) is 3.13. The van der Waals surface area contributed by atoms with E-state index in [0.717, 1.165) is 18.4 Å². The van der Waals surface area contributed by atoms with Gasteiger partial charge in [-0.15, -0.1) is 0 Å². The van der Waals surface area contributed by atoms with Crippen LogP contribution in [0.15, 0.2) is 41.5 Å². The molecule has 0 spiro atoms. The molecular formula is C19H19ClF3N3O5S. The monoisotopic (exact) mass is 493 g/mol. The van der Waals surface area contributed by atoms with Crippen LogP contribution in [-0.4, -0.2) is 47.6 Å². The highest BCUT2D eigenvalue weighted by Gasteiger charge is 2.34. The number of nitrogens with zero attached hydrogens (tertiary/aromatic N) is 2. The number of amides is 1. The number of sulfonamides is 1. The van der Waals surface area contributed by atoms with Crippen molar-refractivity contribution in [1.29, 1.82) is 0 Å². The van der Waals surface area contributed by atoms with Crippen molar-refractivity contribution >= 4 is 39.4 Å². The van der Waals surface area contributed by atoms with Gasteiger partial charge in [-0.05, 0) is 42.0 Å². The van der Waals surface area contributed by atoms with Gasteiger partial charge in [-0.3, -0.25) is 9.10 Å². The molecule has 2 rings (SSSR count). The normalized spacial score (nSPS) is 12.0. The third kappa shape index (κ3) is 6.50. The van der Waals surface area contributed by atoms with Crippen LogP contribution in [0.3, 0.4) is 0 Å². The highest BCUT2D eigenvalue weighted by atomic mass is 35.5. The van der Waals surface area contributed by atoms with Crippen molar-refractivity contribution in [1.82, 2.24) is 5.43 Å². The van der Waals surface area contributed by atoms with Gasteiger partial charge in [0.15, 0.2) is 11.5 Å². The molecule has 0 fully saturated rings. The molecule has 2 aromatic carbocycles. The topological polar surface area (TPSA) is 97.3 Å². The van der Waals surface area contributed by atoms with Gasteiger partial charge in [-0.25, -0.2) is 13.8 Å². The molecule has 0 aromatic heterocycles. The molecule has 174 valence electrons. The van der Waals surface area contributed by atoms with Crippen LogP contribution in [0.5, 0.6) is 11.5 Å². The van der Waals surface area contributed by atoms with Crippen molar-refractivity contribution in [3.8, 4) is 11.5 Å². The number of methoxy groups -OCH3 is 2. The van der Waals surface area contributed by atoms with Gasteiger partial charge in [-0.2, -0.15) is 18.3 Å². The van der Waals surface area contributed by atoms with Crippen LogP contribution in [0.1, 0.15) is 11.1 Å². The quantitative estimate of drug-likeness (QED) is 0.449. The molecule has 1 amide bonds. The molecule has 1 N–H and O–H groups in total. The number of hydrogen-bond acceptors (Lipinski definition) is 6. The van der Waals surface area contributed by atoms with Gasteiger partial charge < -0.3 is 9.47 Å². The minimum absolute atomic E-state index is 0.372. The molecule has 0 aliphatic rings. The molecule has 8 nitrogen and oxygen atoms in total. The Morgan fingerprint density at radius 3 is 2.38 bits per heavy atom. The molecule has 0 saturated carbocycles. The summed E-state index contributed by atoms with van der Waals surface area (Å²) in [5.41, 5.74) is 1.07. The first-order chi connectivity index (χ1) is 14.9. The number of rotatable bonds is 8. The maximum Gasteiger partial charge on any atom is 0.417 e. The van der Waals surface area contributed by atoms with Crippen molar-refractivity contribution in [2.75, 3.05) is 31.3 Å². The zero-order chi connectivity index (χ0) is 24.1. The Bertz CT molecular complexity index is 1120. The second kappa shape index (κ2) is 10.1. The first kappa shape index (κ1) is 25.3. The van der Waals surface area contributed by atoms with Gasteiger partial charge in [0.1, 0.15) is 6.54 Å². The van der Waals surface area contributed by atoms with E-state index < -0.39 is 39.2 Å². The van der Waals surface area contributed by atoms with E-state index in [0.29, 0.717) is 27.4 Å². The Morgan fingerprint density at radius 1 is 1.16 bits per heavy atom. The number of hydrogen-bond donors (Lipinski definition) is 1. The van der Waals surface area contributed by atoms with E-state index in [4.69, 9.17) is 21.1 Å². The van der Waals surface area contributed by atoms with E-state index in [-0.39, 0.29) is 5.69 Å². The van der Waals surface area contributed by atoms with Gasteiger partial charge in [0.25, 0.3) is 5.91 Å². The number of ether oxygens (including phenoxy) is 2. The summed E-state index contributed by atoms with van der Waals surface area (Å²) in [4.78, 5) is 12.2. The Labute approximate surface area is 187 Å². The summed E-state index contributed by atoms with van der Waals surface area (Å²) in [6.07, 6.45) is -2.77. The molecule has 0 bridgehead atoms. The molecule has 13 heteroatoms. The Hall–Kier alpha value is -2.99. The largest absolute Gasteiger partial charge is 0.493 e. The SMILES string of the molecule is COc1ccc(/C=N\NC(=O)CN(c2ccc(Cl)c(C(F)(F)F)c2)S(C)(=O)=O)cc1OC. The number of halogens is 4. The molecule has 0 saturated heterocycles. The Morgan fingerprint density at radius 2 is 1.81 bits per heavy atom. The molecule has 32 heavy (non-hydrogen) atoms. The summed E-state index contributed by atoms with van der Waals surface area (Å²) in [7, 11) is -1.19. The lowest BCUT2D eigenvalue weighted by Crippen LogP contribution is -2.39. The minimum atomic E-state index is -4.80. The van der Waals surface area contributed by atoms with Gasteiger partial charge in [0.2, 0.25) is 10.0 Å². The smallest absolute Gasteiger partial charge is 0.417 e. The highest BCUT2D eigenvalue weighted by Crippen LogP contribution is 2.37. The molecule has 0 heterocycles. The molecular weight excluding hydrogens is 475 g/mol. The molecule has 2 aromatic rings. The number of anilines is 1. The Balaban J connectivity index is 2.19. The Kier molecular flexibility index (Phi) is 7.97. The van der Waals surface area contributed by atoms with Crippen molar-refractivity contribution in [3.05, 3.63) is 52.5 Å². The van der Waals surface area contributed by atoms with E-state index in [1.165, 1.54) is 20.4 Å². The first-order valence-corrected chi connectivity index (χ1v) is 11.0. The third-order valence-corrected chi connectivity index (χ3v) is 5.51. The van der Waals surface area contributed by atoms with E-state index in [1.807, 2.05) is 0 Å². The van der Waals surface area contributed by atoms with Crippen LogP contribution >= 0.6 is 11.6 Å². The standard InChI is InChI=1S/C19H19ClF3N3O5S/c1-30-16-7-4-12(8-17(16)31-2)10-24-25-18(27)11-26(32(3,28)29)13-5-6-15(20)14(9-13)19(21,22)23/h4-10H,11H2,1-3H3,(H,25,27)/b24-10-. The third-order valence-electron chi connectivity index (χ3n) is 4.04. The zero-order valence-corrected chi connectivity index (χ0v) is 18.7. The average molecular weight is 494 g/mol. The first-order valence-electron chi connectivity index (χ1n) is 8.75. The molecule has 0 unspecified atom stereocenters. The van der Waals surface area contributed by atoms with E-state index >= 15 is 0 Å². The van der Waals surface area contributed by atoms with Gasteiger partial charge in [0, 0.05) is 0 Å². The second-order valence-electron chi connectivity index (χ2n) is 6.34. The van der Waals surface area contributed by atoms with Crippen molar-refractivity contribution < 1.29 is 35.9 Å². The fourth-order valence-corrected chi connectivity index (χ4v) is 3.64. The van der Waals surface area contributed by atoms with Crippen molar-refractivity contribution in [2.45, 2.75) is 6.18 Å². The maximum absolute atomic E-state index is 13.1. The summed E-state index contributed by atoms with van der Waals surface area (Å²) < 4.78 is 74.3. The highest BCUT2D eigenvalue weighted by molar-refractivity contribution is 7.92. The van der Waals surface area contributed by atoms with Gasteiger partial charge >= 0.3 is 6.18 Å². The average Bonchev–Trinajstić information content (AvgIpc) is 2.70. The molecule has 0 aliphatic carbocycles. The van der Waals surface area contributed by atoms with Crippen LogP contribution in [0, 0.1) is 0 Å². The summed E-state index contributed by atoms with van der Waals surface area (Å²) in [6.45, 7) is -0.805. The zero-order valence-electron chi connectivity index (χ0n) is 17.1. The van der Waals surface area contributed by atoms with Crippen LogP contribution in [0.2, 0.25) is 5.02 Å². The number of nitrogens with one attached hydrogen (secondary N) is 1. The van der Waals surface area contributed by atoms with Crippen LogP contribution in [0.4, 0.5) is 18.9 Å². The fourth-order valence-electron chi connectivity index (χ4n) is 2.56. The summed E-state index contributed by atoms with van der Waals surface area (Å²) >= 11 is 5.57. The van der Waals surface area contributed by atoms with Crippen LogP contribution < -0.4 is 19.2 Å². The van der Waals surface area contributed by atoms with Crippen molar-refractivity contribution in [3.63, 3.8) is 0 Å². The lowest BCUT2D eigenvalue weighted by atomic mass is 10.2. The van der Waals surface area contributed by atoms with Crippen LogP contribution in [-0.2, 0) is 21.0 Å². The van der Waals surface area contributed by atoms with E-state index in [1.54, 1.807) is 18.2 Å². The predicted molar refractivity (Wildman–Crippen MR) is 114 cm³/mol. The lowest BCUT2D eigenvalue weighted by molar-refractivity contribution is -0.137. The van der Waals surface area contributed by atoms with Crippen molar-refractivity contribution in [2.24, 2.45) is 5.10 Å². The van der Waals surface area contributed by atoms with E-state index in [9.17, 15) is 26.4 Å². The molecule has 0 aliphatic heterocycles. The van der Waals surface area contributed by atoms with E-state index in [2.05, 4.69) is 10.5 Å². The molecule has 0 radical (unpaired) electrons. The molecule has 0 atom stereocenters. The lowest BCUT2D eigenvalue weighted by Gasteiger charge is -2.22. The summed E-state index contributed by atoms with van der Waals surface area (Å²) in [6, 6.07) is 7.37. The summed E-state index contributed by atoms with van der Waals surface area (Å²) in [5.74, 6) is 0.0311. The maximum atomic E-state index is 13.1. The minimum Gasteiger partial charge on any atom is -0.493 e. The fraction of sp³-hybridized carbons (Fsp3) is 0.263. The number of benzene rings is 2. The second-order valence-corrected chi connectivity index (χ2v) is 8.65. The predicted octanol–water partition coefficient (Wildman–Crippen LogP) is 3.29. The number of hydrazone groups is 1. The van der Waals surface area contributed by atoms with Gasteiger partial charge in [-0.1, -0.05) is 11.6 Å². The van der Waals surface area contributed by atoms with Gasteiger partial charge in [0.05, 0.1) is 43.0 Å². The van der Waals surface area contributed by atoms with Crippen LogP contribution in [0.25, 0.3) is 0 Å². The number of carbonyl (C=O) groups is 1.